The summed E-state index contributed by atoms with van der Waals surface area (Å²) in [5, 5.41) is 7.61. The van der Waals surface area contributed by atoms with Crippen LogP contribution in [0.25, 0.3) is 9.69 Å². The zero-order chi connectivity index (χ0) is 22.8. The molecule has 1 aromatic heterocycles. The quantitative estimate of drug-likeness (QED) is 0.520. The summed E-state index contributed by atoms with van der Waals surface area (Å²) in [4.78, 5) is 12.0. The molecule has 1 saturated heterocycles. The van der Waals surface area contributed by atoms with Crippen LogP contribution in [0.1, 0.15) is 12.8 Å². The van der Waals surface area contributed by atoms with Gasteiger partial charge in [0.15, 0.2) is 0 Å². The number of imidazole rings is 1. The van der Waals surface area contributed by atoms with Gasteiger partial charge >= 0.3 is 21.5 Å². The van der Waals surface area contributed by atoms with Crippen LogP contribution in [0.5, 0.6) is 0 Å². The Morgan fingerprint density at radius 1 is 1.16 bits per heavy atom. The first kappa shape index (κ1) is 22.0. The Morgan fingerprint density at radius 3 is 2.39 bits per heavy atom. The van der Waals surface area contributed by atoms with Crippen molar-refractivity contribution in [2.24, 2.45) is 17.3 Å². The summed E-state index contributed by atoms with van der Waals surface area (Å²) in [5.41, 5.74) is -5.57. The van der Waals surface area contributed by atoms with Gasteiger partial charge in [0.05, 0.1) is 12.7 Å². The van der Waals surface area contributed by atoms with Crippen molar-refractivity contribution in [1.82, 2.24) is 9.55 Å². The number of aromatic nitrogens is 2. The molecular formula is C17H15F3N8O2S. The minimum atomic E-state index is -5.69. The predicted molar refractivity (Wildman–Crippen MR) is 106 cm³/mol. The number of benzene rings is 1. The van der Waals surface area contributed by atoms with E-state index in [1.165, 1.54) is 28.5 Å². The predicted octanol–water partition coefficient (Wildman–Crippen LogP) is 4.80. The second kappa shape index (κ2) is 8.23. The first-order valence-corrected chi connectivity index (χ1v) is 10.3. The fourth-order valence-corrected chi connectivity index (χ4v) is 3.49. The van der Waals surface area contributed by atoms with Gasteiger partial charge in [-0.05, 0) is 31.0 Å². The van der Waals surface area contributed by atoms with Crippen molar-refractivity contribution in [3.8, 4) is 0 Å². The van der Waals surface area contributed by atoms with Crippen molar-refractivity contribution in [3.05, 3.63) is 41.0 Å². The van der Waals surface area contributed by atoms with Crippen LogP contribution in [0.2, 0.25) is 0 Å². The van der Waals surface area contributed by atoms with Gasteiger partial charge in [0, 0.05) is 18.8 Å². The Morgan fingerprint density at radius 2 is 1.84 bits per heavy atom. The number of nitrogens with one attached hydrogen (secondary N) is 1. The van der Waals surface area contributed by atoms with Crippen LogP contribution in [-0.2, 0) is 17.1 Å². The highest BCUT2D eigenvalue weighted by Gasteiger charge is 2.46. The van der Waals surface area contributed by atoms with Crippen LogP contribution in [0.15, 0.2) is 28.4 Å². The first-order valence-electron chi connectivity index (χ1n) is 8.79. The lowest BCUT2D eigenvalue weighted by molar-refractivity contribution is -0.0429. The highest BCUT2D eigenvalue weighted by Crippen LogP contribution is 2.37. The van der Waals surface area contributed by atoms with Crippen LogP contribution in [0.3, 0.4) is 0 Å². The Kier molecular flexibility index (Phi) is 5.85. The molecule has 162 valence electrons. The number of hydrogen-bond acceptors (Lipinski definition) is 6. The Hall–Kier alpha value is -3.65. The fraction of sp³-hybridized carbons (Fsp3) is 0.353. The van der Waals surface area contributed by atoms with Gasteiger partial charge < -0.3 is 14.6 Å². The van der Waals surface area contributed by atoms with E-state index in [1.807, 2.05) is 4.90 Å². The SMILES string of the molecule is [C-]#[N+]c1nc(N=Nc2ccc(N3CCCC3)cc2NS(=O)(=O)C(F)(F)F)n(C)c1[N+]#[C-]. The number of nitrogens with zero attached hydrogens (tertiary/aromatic N) is 7. The third-order valence-corrected chi connectivity index (χ3v) is 5.58. The first-order chi connectivity index (χ1) is 14.6. The molecule has 0 aliphatic carbocycles. The summed E-state index contributed by atoms with van der Waals surface area (Å²) in [6.45, 7) is 15.5. The molecule has 0 bridgehead atoms. The number of rotatable bonds is 5. The monoisotopic (exact) mass is 452 g/mol. The van der Waals surface area contributed by atoms with Crippen molar-refractivity contribution >= 4 is 44.7 Å². The van der Waals surface area contributed by atoms with E-state index in [1.54, 1.807) is 6.07 Å². The Bertz CT molecular complexity index is 1220. The summed E-state index contributed by atoms with van der Waals surface area (Å²) >= 11 is 0. The molecule has 0 unspecified atom stereocenters. The zero-order valence-electron chi connectivity index (χ0n) is 16.0. The molecule has 1 aromatic carbocycles. The lowest BCUT2D eigenvalue weighted by Crippen LogP contribution is -2.30. The van der Waals surface area contributed by atoms with E-state index in [9.17, 15) is 21.6 Å². The second-order valence-corrected chi connectivity index (χ2v) is 8.16. The molecule has 1 aliphatic heterocycles. The molecule has 2 aromatic rings. The number of hydrogen-bond donors (Lipinski definition) is 1. The number of alkyl halides is 3. The van der Waals surface area contributed by atoms with Gasteiger partial charge in [-0.1, -0.05) is 23.2 Å². The Balaban J connectivity index is 2.03. The molecule has 0 radical (unpaired) electrons. The summed E-state index contributed by atoms with van der Waals surface area (Å²) in [5.74, 6) is -0.412. The van der Waals surface area contributed by atoms with E-state index in [0.717, 1.165) is 12.8 Å². The van der Waals surface area contributed by atoms with E-state index >= 15 is 0 Å². The molecule has 10 nitrogen and oxygen atoms in total. The van der Waals surface area contributed by atoms with Gasteiger partial charge in [-0.2, -0.15) is 21.6 Å². The van der Waals surface area contributed by atoms with Crippen LogP contribution in [-0.4, -0.2) is 36.6 Å². The summed E-state index contributed by atoms with van der Waals surface area (Å²) < 4.78 is 64.7. The third kappa shape index (κ3) is 4.44. The van der Waals surface area contributed by atoms with E-state index in [4.69, 9.17) is 13.1 Å². The van der Waals surface area contributed by atoms with Gasteiger partial charge in [-0.3, -0.25) is 4.72 Å². The zero-order valence-corrected chi connectivity index (χ0v) is 16.9. The molecule has 0 spiro atoms. The standard InChI is InChI=1S/C17H15F3N8O2S/c1-21-14-15(22-2)27(3)16(23-14)25-24-12-7-6-11(28-8-4-5-9-28)10-13(12)26-31(29,30)17(18,19)20/h6-7,10,26H,4-5,8-9H2,3H3. The van der Waals surface area contributed by atoms with Crippen LogP contribution < -0.4 is 9.62 Å². The number of halogens is 3. The van der Waals surface area contributed by atoms with Crippen LogP contribution in [0, 0.1) is 13.1 Å². The van der Waals surface area contributed by atoms with E-state index in [0.29, 0.717) is 18.8 Å². The molecule has 2 heterocycles. The molecule has 3 rings (SSSR count). The normalized spacial score (nSPS) is 14.6. The summed E-state index contributed by atoms with van der Waals surface area (Å²) in [6, 6.07) is 4.19. The van der Waals surface area contributed by atoms with Crippen molar-refractivity contribution in [3.63, 3.8) is 0 Å². The third-order valence-electron chi connectivity index (χ3n) is 4.48. The topological polar surface area (TPSA) is 101 Å². The lowest BCUT2D eigenvalue weighted by atomic mass is 10.2. The molecule has 1 N–H and O–H groups in total. The largest absolute Gasteiger partial charge is 0.516 e. The van der Waals surface area contributed by atoms with E-state index < -0.39 is 21.2 Å². The Labute approximate surface area is 175 Å². The smallest absolute Gasteiger partial charge is 0.373 e. The van der Waals surface area contributed by atoms with Gasteiger partial charge in [-0.15, -0.1) is 5.11 Å². The molecule has 0 atom stereocenters. The molecule has 31 heavy (non-hydrogen) atoms. The maximum atomic E-state index is 12.9. The van der Waals surface area contributed by atoms with Gasteiger partial charge in [0.1, 0.15) is 5.69 Å². The van der Waals surface area contributed by atoms with Crippen molar-refractivity contribution in [2.45, 2.75) is 18.3 Å². The van der Waals surface area contributed by atoms with Gasteiger partial charge in [-0.25, -0.2) is 4.57 Å². The maximum absolute atomic E-state index is 12.9. The van der Waals surface area contributed by atoms with Crippen LogP contribution >= 0.6 is 0 Å². The molecule has 14 heteroatoms. The van der Waals surface area contributed by atoms with Crippen molar-refractivity contribution in [2.75, 3.05) is 22.7 Å². The molecule has 1 aliphatic rings. The van der Waals surface area contributed by atoms with Crippen molar-refractivity contribution < 1.29 is 21.6 Å². The average Bonchev–Trinajstić information content (AvgIpc) is 3.34. The van der Waals surface area contributed by atoms with Gasteiger partial charge in [0.25, 0.3) is 11.6 Å². The van der Waals surface area contributed by atoms with E-state index in [2.05, 4.69) is 24.9 Å². The highest BCUT2D eigenvalue weighted by molar-refractivity contribution is 7.93. The number of sulfonamides is 1. The molecule has 0 saturated carbocycles. The summed E-state index contributed by atoms with van der Waals surface area (Å²) in [7, 11) is -4.26. The fourth-order valence-electron chi connectivity index (χ4n) is 2.92. The van der Waals surface area contributed by atoms with Crippen LogP contribution in [0.4, 0.5) is 47.8 Å². The molecule has 1 fully saturated rings. The molecule has 0 amide bonds. The number of azo groups is 1. The number of anilines is 2. The summed E-state index contributed by atoms with van der Waals surface area (Å²) in [6.07, 6.45) is 1.83. The minimum absolute atomic E-state index is 0.0775. The molecular weight excluding hydrogens is 437 g/mol. The maximum Gasteiger partial charge on any atom is 0.516 e. The van der Waals surface area contributed by atoms with Crippen molar-refractivity contribution in [1.29, 1.82) is 0 Å². The second-order valence-electron chi connectivity index (χ2n) is 6.49. The highest BCUT2D eigenvalue weighted by atomic mass is 32.2. The van der Waals surface area contributed by atoms with Gasteiger partial charge in [0.2, 0.25) is 0 Å². The minimum Gasteiger partial charge on any atom is -0.373 e. The average molecular weight is 452 g/mol. The van der Waals surface area contributed by atoms with E-state index in [-0.39, 0.29) is 23.3 Å². The lowest BCUT2D eigenvalue weighted by Gasteiger charge is -2.19.